The van der Waals surface area contributed by atoms with Gasteiger partial charge in [0.2, 0.25) is 12.5 Å². The van der Waals surface area contributed by atoms with E-state index in [9.17, 15) is 27.9 Å². The molecule has 2 amide bonds. The number of carbonyl (C=O) groups excluding carboxylic acids is 2. The van der Waals surface area contributed by atoms with Crippen molar-refractivity contribution < 1.29 is 37.3 Å². The molecule has 1 saturated heterocycles. The van der Waals surface area contributed by atoms with E-state index >= 15 is 0 Å². The Labute approximate surface area is 172 Å². The van der Waals surface area contributed by atoms with Gasteiger partial charge in [0.15, 0.2) is 17.3 Å². The number of fused-ring (bicyclic) bond motifs is 1. The first-order valence-corrected chi connectivity index (χ1v) is 9.05. The van der Waals surface area contributed by atoms with E-state index in [1.54, 1.807) is 0 Å². The van der Waals surface area contributed by atoms with Gasteiger partial charge in [-0.05, 0) is 42.0 Å². The maximum atomic E-state index is 13.9. The molecular formula is C19H14ClF3N2O5. The second-order valence-electron chi connectivity index (χ2n) is 6.80. The standard InChI is InChI=1S/C19H14ClF3N2O5/c20-11-4-1-9(2-5-11)16(26)14-15(10-3-6-12-13(7-10)30-8-29-12)24-17(27)25-18(14,28)19(21,22)23/h1-7,14-15,28H,8H2,(H2,24,25,27). The summed E-state index contributed by atoms with van der Waals surface area (Å²) in [4.78, 5) is 25.2. The molecule has 0 saturated carbocycles. The summed E-state index contributed by atoms with van der Waals surface area (Å²) in [6, 6.07) is 6.57. The van der Waals surface area contributed by atoms with Gasteiger partial charge in [-0.2, -0.15) is 13.2 Å². The third kappa shape index (κ3) is 3.31. The SMILES string of the molecule is O=C1NC(c2ccc3c(c2)OCO3)C(C(=O)c2ccc(Cl)cc2)C(O)(C(F)(F)F)N1. The van der Waals surface area contributed by atoms with Gasteiger partial charge in [-0.15, -0.1) is 0 Å². The third-order valence-corrected chi connectivity index (χ3v) is 5.23. The number of hydrogen-bond acceptors (Lipinski definition) is 5. The van der Waals surface area contributed by atoms with Crippen molar-refractivity contribution in [3.05, 3.63) is 58.6 Å². The Morgan fingerprint density at radius 3 is 2.47 bits per heavy atom. The Kier molecular flexibility index (Phi) is 4.78. The van der Waals surface area contributed by atoms with Crippen LogP contribution in [0.2, 0.25) is 5.02 Å². The van der Waals surface area contributed by atoms with Crippen LogP contribution in [0.5, 0.6) is 11.5 Å². The van der Waals surface area contributed by atoms with Crippen LogP contribution in [0.1, 0.15) is 22.0 Å². The maximum Gasteiger partial charge on any atom is 0.437 e. The molecule has 7 nitrogen and oxygen atoms in total. The zero-order chi connectivity index (χ0) is 21.7. The summed E-state index contributed by atoms with van der Waals surface area (Å²) in [7, 11) is 0. The van der Waals surface area contributed by atoms with Gasteiger partial charge in [0.1, 0.15) is 5.92 Å². The summed E-state index contributed by atoms with van der Waals surface area (Å²) < 4.78 is 52.1. The van der Waals surface area contributed by atoms with Crippen LogP contribution in [-0.2, 0) is 0 Å². The van der Waals surface area contributed by atoms with E-state index in [-0.39, 0.29) is 28.7 Å². The first-order chi connectivity index (χ1) is 14.1. The van der Waals surface area contributed by atoms with Gasteiger partial charge in [-0.25, -0.2) is 4.79 Å². The lowest BCUT2D eigenvalue weighted by Gasteiger charge is -2.45. The lowest BCUT2D eigenvalue weighted by atomic mass is 9.77. The number of alkyl halides is 3. The van der Waals surface area contributed by atoms with Gasteiger partial charge in [-0.1, -0.05) is 17.7 Å². The smallest absolute Gasteiger partial charge is 0.437 e. The van der Waals surface area contributed by atoms with E-state index in [0.717, 1.165) is 0 Å². The largest absolute Gasteiger partial charge is 0.454 e. The predicted octanol–water partition coefficient (Wildman–Crippen LogP) is 3.17. The average molecular weight is 443 g/mol. The number of aliphatic hydroxyl groups is 1. The number of ether oxygens (including phenoxy) is 2. The van der Waals surface area contributed by atoms with Crippen LogP contribution in [0.4, 0.5) is 18.0 Å². The Morgan fingerprint density at radius 1 is 1.13 bits per heavy atom. The Bertz CT molecular complexity index is 1010. The number of ketones is 1. The molecule has 158 valence electrons. The molecule has 11 heteroatoms. The number of urea groups is 1. The minimum atomic E-state index is -5.34. The van der Waals surface area contributed by atoms with Gasteiger partial charge in [0.05, 0.1) is 6.04 Å². The molecule has 2 aromatic carbocycles. The third-order valence-electron chi connectivity index (χ3n) is 4.97. The van der Waals surface area contributed by atoms with Crippen LogP contribution >= 0.6 is 11.6 Å². The molecule has 2 aliphatic heterocycles. The van der Waals surface area contributed by atoms with Crippen LogP contribution in [0.3, 0.4) is 0 Å². The summed E-state index contributed by atoms with van der Waals surface area (Å²) in [6.45, 7) is -0.0724. The average Bonchev–Trinajstić information content (AvgIpc) is 3.14. The molecule has 0 aliphatic carbocycles. The molecular weight excluding hydrogens is 429 g/mol. The molecule has 3 N–H and O–H groups in total. The van der Waals surface area contributed by atoms with Crippen molar-refractivity contribution >= 4 is 23.4 Å². The number of nitrogens with one attached hydrogen (secondary N) is 2. The van der Waals surface area contributed by atoms with Crippen molar-refractivity contribution in [2.75, 3.05) is 6.79 Å². The van der Waals surface area contributed by atoms with E-state index in [4.69, 9.17) is 21.1 Å². The number of Topliss-reactive ketones (excluding diaryl/α,β-unsaturated/α-hetero) is 1. The van der Waals surface area contributed by atoms with Gasteiger partial charge < -0.3 is 25.2 Å². The summed E-state index contributed by atoms with van der Waals surface area (Å²) in [6.07, 6.45) is -5.34. The molecule has 2 heterocycles. The minimum Gasteiger partial charge on any atom is -0.454 e. The van der Waals surface area contributed by atoms with Crippen LogP contribution < -0.4 is 20.1 Å². The molecule has 0 spiro atoms. The van der Waals surface area contributed by atoms with E-state index in [1.165, 1.54) is 47.8 Å². The van der Waals surface area contributed by atoms with E-state index in [0.29, 0.717) is 5.75 Å². The van der Waals surface area contributed by atoms with E-state index in [1.807, 2.05) is 0 Å². The molecule has 0 aromatic heterocycles. The first kappa shape index (κ1) is 20.3. The van der Waals surface area contributed by atoms with Crippen molar-refractivity contribution in [2.24, 2.45) is 5.92 Å². The molecule has 2 aliphatic rings. The zero-order valence-corrected chi connectivity index (χ0v) is 15.8. The fourth-order valence-corrected chi connectivity index (χ4v) is 3.64. The Morgan fingerprint density at radius 2 is 1.80 bits per heavy atom. The molecule has 0 radical (unpaired) electrons. The van der Waals surface area contributed by atoms with Crippen molar-refractivity contribution in [3.63, 3.8) is 0 Å². The molecule has 2 aromatic rings. The predicted molar refractivity (Wildman–Crippen MR) is 97.3 cm³/mol. The summed E-state index contributed by atoms with van der Waals surface area (Å²) in [5.74, 6) is -2.57. The van der Waals surface area contributed by atoms with E-state index < -0.39 is 35.7 Å². The van der Waals surface area contributed by atoms with Crippen molar-refractivity contribution in [2.45, 2.75) is 17.9 Å². The highest BCUT2D eigenvalue weighted by atomic mass is 35.5. The fourth-order valence-electron chi connectivity index (χ4n) is 3.52. The summed E-state index contributed by atoms with van der Waals surface area (Å²) >= 11 is 5.79. The fraction of sp³-hybridized carbons (Fsp3) is 0.263. The van der Waals surface area contributed by atoms with Crippen LogP contribution in [0, 0.1) is 5.92 Å². The number of benzene rings is 2. The highest BCUT2D eigenvalue weighted by Gasteiger charge is 2.66. The Balaban J connectivity index is 1.84. The molecule has 30 heavy (non-hydrogen) atoms. The highest BCUT2D eigenvalue weighted by Crippen LogP contribution is 2.45. The second kappa shape index (κ2) is 7.06. The highest BCUT2D eigenvalue weighted by molar-refractivity contribution is 6.30. The van der Waals surface area contributed by atoms with Crippen molar-refractivity contribution in [3.8, 4) is 11.5 Å². The first-order valence-electron chi connectivity index (χ1n) is 8.67. The molecule has 1 fully saturated rings. The summed E-state index contributed by atoms with van der Waals surface area (Å²) in [5.41, 5.74) is -3.80. The normalized spacial score (nSPS) is 25.4. The Hall–Kier alpha value is -2.98. The van der Waals surface area contributed by atoms with Crippen LogP contribution in [-0.4, -0.2) is 35.6 Å². The van der Waals surface area contributed by atoms with Crippen molar-refractivity contribution in [1.29, 1.82) is 0 Å². The second-order valence-corrected chi connectivity index (χ2v) is 7.24. The lowest BCUT2D eigenvalue weighted by molar-refractivity contribution is -0.287. The molecule has 3 atom stereocenters. The van der Waals surface area contributed by atoms with Gasteiger partial charge in [-0.3, -0.25) is 4.79 Å². The quantitative estimate of drug-likeness (QED) is 0.634. The topological polar surface area (TPSA) is 96.9 Å². The number of carbonyl (C=O) groups is 2. The monoisotopic (exact) mass is 442 g/mol. The van der Waals surface area contributed by atoms with Crippen LogP contribution in [0.25, 0.3) is 0 Å². The number of halogens is 4. The van der Waals surface area contributed by atoms with Crippen molar-refractivity contribution in [1.82, 2.24) is 10.6 Å². The van der Waals surface area contributed by atoms with Gasteiger partial charge in [0, 0.05) is 10.6 Å². The maximum absolute atomic E-state index is 13.9. The lowest BCUT2D eigenvalue weighted by Crippen LogP contribution is -2.72. The number of hydrogen-bond donors (Lipinski definition) is 3. The van der Waals surface area contributed by atoms with Gasteiger partial charge >= 0.3 is 12.2 Å². The molecule has 4 rings (SSSR count). The number of amides is 2. The molecule has 3 unspecified atom stereocenters. The molecule has 0 bridgehead atoms. The zero-order valence-electron chi connectivity index (χ0n) is 15.0. The van der Waals surface area contributed by atoms with Crippen LogP contribution in [0.15, 0.2) is 42.5 Å². The van der Waals surface area contributed by atoms with E-state index in [2.05, 4.69) is 5.32 Å². The minimum absolute atomic E-state index is 0.0724. The van der Waals surface area contributed by atoms with Gasteiger partial charge in [0.25, 0.3) is 0 Å². The summed E-state index contributed by atoms with van der Waals surface area (Å²) in [5, 5.41) is 14.6. The number of rotatable bonds is 3.